The van der Waals surface area contributed by atoms with Crippen LogP contribution in [0.4, 0.5) is 0 Å². The summed E-state index contributed by atoms with van der Waals surface area (Å²) in [4.78, 5) is 0. The second kappa shape index (κ2) is 7.60. The predicted octanol–water partition coefficient (Wildman–Crippen LogP) is 3.35. The molecule has 2 aromatic carbocycles. The zero-order chi connectivity index (χ0) is 17.0. The molecule has 128 valence electrons. The van der Waals surface area contributed by atoms with E-state index in [0.717, 1.165) is 29.2 Å². The summed E-state index contributed by atoms with van der Waals surface area (Å²) in [5.74, 6) is 2.61. The van der Waals surface area contributed by atoms with Crippen molar-refractivity contribution in [3.8, 4) is 5.75 Å². The van der Waals surface area contributed by atoms with Gasteiger partial charge in [0.15, 0.2) is 0 Å². The number of benzene rings is 2. The van der Waals surface area contributed by atoms with Crippen LogP contribution in [0, 0.1) is 0 Å². The van der Waals surface area contributed by atoms with Gasteiger partial charge >= 0.3 is 0 Å². The Hall–Kier alpha value is -1.49. The summed E-state index contributed by atoms with van der Waals surface area (Å²) < 4.78 is 5.20. The van der Waals surface area contributed by atoms with Gasteiger partial charge in [-0.3, -0.25) is 0 Å². The van der Waals surface area contributed by atoms with E-state index in [1.165, 1.54) is 11.1 Å². The van der Waals surface area contributed by atoms with Gasteiger partial charge in [0.1, 0.15) is 11.4 Å². The fraction of sp³-hybridized carbons (Fsp3) is 0.400. The highest BCUT2D eigenvalue weighted by molar-refractivity contribution is 7.98. The maximum atomic E-state index is 11.1. The second-order valence-electron chi connectivity index (χ2n) is 6.52. The Balaban J connectivity index is 1.60. The first kappa shape index (κ1) is 17.3. The van der Waals surface area contributed by atoms with E-state index in [1.54, 1.807) is 18.9 Å². The van der Waals surface area contributed by atoms with Crippen LogP contribution in [0.5, 0.6) is 5.75 Å². The molecule has 0 saturated carbocycles. The summed E-state index contributed by atoms with van der Waals surface area (Å²) in [6, 6.07) is 16.7. The molecule has 2 unspecified atom stereocenters. The molecule has 0 bridgehead atoms. The maximum Gasteiger partial charge on any atom is 0.118 e. The molecule has 0 aromatic heterocycles. The van der Waals surface area contributed by atoms with Gasteiger partial charge in [0, 0.05) is 24.1 Å². The van der Waals surface area contributed by atoms with Gasteiger partial charge in [-0.2, -0.15) is 11.8 Å². The number of hydrogen-bond acceptors (Lipinski definition) is 4. The number of thioether (sulfide) groups is 1. The van der Waals surface area contributed by atoms with Gasteiger partial charge in [0.05, 0.1) is 7.11 Å². The molecule has 3 nitrogen and oxygen atoms in total. The molecule has 1 aliphatic rings. The van der Waals surface area contributed by atoms with Gasteiger partial charge in [-0.05, 0) is 42.2 Å². The van der Waals surface area contributed by atoms with Crippen molar-refractivity contribution in [2.24, 2.45) is 0 Å². The van der Waals surface area contributed by atoms with Crippen molar-refractivity contribution >= 4 is 11.8 Å². The largest absolute Gasteiger partial charge is 0.497 e. The van der Waals surface area contributed by atoms with Crippen LogP contribution in [0.25, 0.3) is 0 Å². The zero-order valence-electron chi connectivity index (χ0n) is 14.3. The molecule has 0 fully saturated rings. The van der Waals surface area contributed by atoms with Gasteiger partial charge in [-0.1, -0.05) is 36.4 Å². The summed E-state index contributed by atoms with van der Waals surface area (Å²) in [5, 5.41) is 14.6. The quantitative estimate of drug-likeness (QED) is 0.844. The Bertz CT molecular complexity index is 674. The van der Waals surface area contributed by atoms with Crippen LogP contribution in [-0.4, -0.2) is 30.6 Å². The van der Waals surface area contributed by atoms with Gasteiger partial charge in [0.2, 0.25) is 0 Å². The van der Waals surface area contributed by atoms with Gasteiger partial charge < -0.3 is 15.2 Å². The molecule has 3 rings (SSSR count). The van der Waals surface area contributed by atoms with Crippen LogP contribution in [0.1, 0.15) is 23.6 Å². The van der Waals surface area contributed by atoms with E-state index >= 15 is 0 Å². The lowest BCUT2D eigenvalue weighted by Crippen LogP contribution is -2.45. The maximum absolute atomic E-state index is 11.1. The minimum absolute atomic E-state index is 0.293. The molecule has 0 spiro atoms. The third kappa shape index (κ3) is 3.94. The highest BCUT2D eigenvalue weighted by Crippen LogP contribution is 2.35. The van der Waals surface area contributed by atoms with Crippen molar-refractivity contribution in [3.63, 3.8) is 0 Å². The normalized spacial score (nSPS) is 21.1. The fourth-order valence-electron chi connectivity index (χ4n) is 3.18. The predicted molar refractivity (Wildman–Crippen MR) is 101 cm³/mol. The Morgan fingerprint density at radius 2 is 1.96 bits per heavy atom. The van der Waals surface area contributed by atoms with Crippen LogP contribution in [-0.2, 0) is 17.8 Å². The molecule has 24 heavy (non-hydrogen) atoms. The lowest BCUT2D eigenvalue weighted by molar-refractivity contribution is 0.0575. The minimum Gasteiger partial charge on any atom is -0.497 e. The standard InChI is InChI=1S/C20H25NO2S/c1-15(11-16-7-9-18(23-2)10-8-16)21-13-20(22)14-24-12-17-5-3-4-6-19(17)20/h3-10,15,21-22H,11-14H2,1-2H3. The molecule has 4 heteroatoms. The molecule has 2 atom stereocenters. The van der Waals surface area contributed by atoms with Crippen LogP contribution >= 0.6 is 11.8 Å². The fourth-order valence-corrected chi connectivity index (χ4v) is 4.35. The molecule has 0 saturated heterocycles. The second-order valence-corrected chi connectivity index (χ2v) is 7.50. The third-order valence-corrected chi connectivity index (χ3v) is 5.76. The lowest BCUT2D eigenvalue weighted by atomic mass is 9.91. The molecular formula is C20H25NO2S. The third-order valence-electron chi connectivity index (χ3n) is 4.56. The van der Waals surface area contributed by atoms with Crippen LogP contribution in [0.2, 0.25) is 0 Å². The topological polar surface area (TPSA) is 41.5 Å². The van der Waals surface area contributed by atoms with Crippen LogP contribution in [0.15, 0.2) is 48.5 Å². The van der Waals surface area contributed by atoms with Crippen molar-refractivity contribution in [2.75, 3.05) is 19.4 Å². The summed E-state index contributed by atoms with van der Waals surface area (Å²) in [6.07, 6.45) is 0.925. The number of fused-ring (bicyclic) bond motifs is 1. The Labute approximate surface area is 148 Å². The number of rotatable bonds is 6. The van der Waals surface area contributed by atoms with Gasteiger partial charge in [-0.15, -0.1) is 0 Å². The van der Waals surface area contributed by atoms with E-state index in [2.05, 4.69) is 36.5 Å². The van der Waals surface area contributed by atoms with E-state index < -0.39 is 5.60 Å². The summed E-state index contributed by atoms with van der Waals surface area (Å²) >= 11 is 1.80. The Morgan fingerprint density at radius 3 is 2.71 bits per heavy atom. The Kier molecular flexibility index (Phi) is 5.49. The van der Waals surface area contributed by atoms with Gasteiger partial charge in [0.25, 0.3) is 0 Å². The monoisotopic (exact) mass is 343 g/mol. The van der Waals surface area contributed by atoms with E-state index in [4.69, 9.17) is 4.74 Å². The number of methoxy groups -OCH3 is 1. The zero-order valence-corrected chi connectivity index (χ0v) is 15.1. The lowest BCUT2D eigenvalue weighted by Gasteiger charge is -2.35. The minimum atomic E-state index is -0.784. The summed E-state index contributed by atoms with van der Waals surface area (Å²) in [5.41, 5.74) is 2.81. The number of ether oxygens (including phenoxy) is 1. The summed E-state index contributed by atoms with van der Waals surface area (Å²) in [7, 11) is 1.68. The average Bonchev–Trinajstić information content (AvgIpc) is 2.61. The number of hydrogen-bond donors (Lipinski definition) is 2. The van der Waals surface area contributed by atoms with E-state index in [0.29, 0.717) is 12.6 Å². The van der Waals surface area contributed by atoms with E-state index in [9.17, 15) is 5.11 Å². The SMILES string of the molecule is COc1ccc(CC(C)NCC2(O)CSCc3ccccc32)cc1. The van der Waals surface area contributed by atoms with E-state index in [-0.39, 0.29) is 0 Å². The van der Waals surface area contributed by atoms with Crippen molar-refractivity contribution in [2.45, 2.75) is 30.7 Å². The highest BCUT2D eigenvalue weighted by atomic mass is 32.2. The van der Waals surface area contributed by atoms with E-state index in [1.807, 2.05) is 24.3 Å². The molecule has 1 heterocycles. The smallest absolute Gasteiger partial charge is 0.118 e. The summed E-state index contributed by atoms with van der Waals surface area (Å²) in [6.45, 7) is 2.74. The van der Waals surface area contributed by atoms with Crippen LogP contribution in [0.3, 0.4) is 0 Å². The van der Waals surface area contributed by atoms with Gasteiger partial charge in [-0.25, -0.2) is 0 Å². The molecule has 2 aromatic rings. The molecule has 0 radical (unpaired) electrons. The first-order valence-corrected chi connectivity index (χ1v) is 9.51. The van der Waals surface area contributed by atoms with Crippen molar-refractivity contribution < 1.29 is 9.84 Å². The number of aliphatic hydroxyl groups is 1. The van der Waals surface area contributed by atoms with Crippen molar-refractivity contribution in [1.82, 2.24) is 5.32 Å². The van der Waals surface area contributed by atoms with Crippen LogP contribution < -0.4 is 10.1 Å². The molecule has 0 aliphatic carbocycles. The molecular weight excluding hydrogens is 318 g/mol. The molecule has 0 amide bonds. The van der Waals surface area contributed by atoms with Crippen molar-refractivity contribution in [3.05, 3.63) is 65.2 Å². The first-order valence-electron chi connectivity index (χ1n) is 8.35. The number of nitrogens with one attached hydrogen (secondary N) is 1. The molecule has 1 aliphatic heterocycles. The first-order chi connectivity index (χ1) is 11.6. The average molecular weight is 343 g/mol. The Morgan fingerprint density at radius 1 is 1.21 bits per heavy atom. The molecule has 2 N–H and O–H groups in total. The van der Waals surface area contributed by atoms with Crippen molar-refractivity contribution in [1.29, 1.82) is 0 Å². The highest BCUT2D eigenvalue weighted by Gasteiger charge is 2.34.